The molecule has 0 bridgehead atoms. The summed E-state index contributed by atoms with van der Waals surface area (Å²) in [6.45, 7) is 12.6. The third kappa shape index (κ3) is 5.66. The molecule has 0 saturated carbocycles. The van der Waals surface area contributed by atoms with Gasteiger partial charge in [0.05, 0.1) is 0 Å². The molecule has 20 heavy (non-hydrogen) atoms. The van der Waals surface area contributed by atoms with Gasteiger partial charge in [0, 0.05) is 6.04 Å². The molecule has 0 fully saturated rings. The fourth-order valence-electron chi connectivity index (χ4n) is 2.95. The van der Waals surface area contributed by atoms with Crippen LogP contribution in [-0.4, -0.2) is 6.54 Å². The molecule has 0 aliphatic rings. The van der Waals surface area contributed by atoms with E-state index >= 15 is 0 Å². The first-order valence-electron chi connectivity index (χ1n) is 8.40. The SMILES string of the molecule is CCCNC(c1cccc(CC(C)C)c1)C(C)CCC. The minimum absolute atomic E-state index is 0.502. The lowest BCUT2D eigenvalue weighted by Gasteiger charge is -2.26. The Morgan fingerprint density at radius 2 is 1.80 bits per heavy atom. The van der Waals surface area contributed by atoms with Crippen LogP contribution in [-0.2, 0) is 6.42 Å². The first-order chi connectivity index (χ1) is 9.58. The van der Waals surface area contributed by atoms with Crippen LogP contribution in [0.4, 0.5) is 0 Å². The van der Waals surface area contributed by atoms with Gasteiger partial charge in [0.2, 0.25) is 0 Å². The lowest BCUT2D eigenvalue weighted by Crippen LogP contribution is -2.27. The number of hydrogen-bond acceptors (Lipinski definition) is 1. The van der Waals surface area contributed by atoms with Crippen molar-refractivity contribution in [2.24, 2.45) is 11.8 Å². The van der Waals surface area contributed by atoms with Gasteiger partial charge in [-0.15, -0.1) is 0 Å². The van der Waals surface area contributed by atoms with E-state index in [1.165, 1.54) is 36.8 Å². The van der Waals surface area contributed by atoms with E-state index in [2.05, 4.69) is 64.2 Å². The number of hydrogen-bond donors (Lipinski definition) is 1. The summed E-state index contributed by atoms with van der Waals surface area (Å²) in [5.74, 6) is 1.42. The van der Waals surface area contributed by atoms with E-state index < -0.39 is 0 Å². The van der Waals surface area contributed by atoms with Crippen LogP contribution in [0.2, 0.25) is 0 Å². The molecule has 1 aromatic carbocycles. The van der Waals surface area contributed by atoms with Crippen LogP contribution in [0.1, 0.15) is 71.0 Å². The minimum Gasteiger partial charge on any atom is -0.310 e. The van der Waals surface area contributed by atoms with Gasteiger partial charge >= 0.3 is 0 Å². The van der Waals surface area contributed by atoms with E-state index in [0.717, 1.165) is 12.5 Å². The van der Waals surface area contributed by atoms with Gasteiger partial charge in [-0.3, -0.25) is 0 Å². The highest BCUT2D eigenvalue weighted by atomic mass is 14.9. The smallest absolute Gasteiger partial charge is 0.0346 e. The van der Waals surface area contributed by atoms with Crippen molar-refractivity contribution in [3.8, 4) is 0 Å². The van der Waals surface area contributed by atoms with Gasteiger partial charge in [-0.2, -0.15) is 0 Å². The highest BCUT2D eigenvalue weighted by Crippen LogP contribution is 2.26. The van der Waals surface area contributed by atoms with E-state index in [9.17, 15) is 0 Å². The molecular formula is C19H33N. The third-order valence-electron chi connectivity index (χ3n) is 3.88. The Kier molecular flexibility index (Phi) is 7.91. The molecule has 0 radical (unpaired) electrons. The molecule has 0 spiro atoms. The maximum atomic E-state index is 3.75. The molecule has 1 N–H and O–H groups in total. The molecule has 1 aromatic rings. The molecule has 0 heterocycles. The van der Waals surface area contributed by atoms with Crippen molar-refractivity contribution in [3.63, 3.8) is 0 Å². The molecule has 0 aromatic heterocycles. The number of benzene rings is 1. The van der Waals surface area contributed by atoms with E-state index in [1.807, 2.05) is 0 Å². The lowest BCUT2D eigenvalue weighted by atomic mass is 9.89. The summed E-state index contributed by atoms with van der Waals surface area (Å²) in [7, 11) is 0. The second-order valence-electron chi connectivity index (χ2n) is 6.54. The number of rotatable bonds is 9. The Balaban J connectivity index is 2.88. The molecule has 2 unspecified atom stereocenters. The van der Waals surface area contributed by atoms with Crippen molar-refractivity contribution in [2.75, 3.05) is 6.54 Å². The predicted octanol–water partition coefficient (Wildman–Crippen LogP) is 5.36. The fourth-order valence-corrected chi connectivity index (χ4v) is 2.95. The molecule has 1 nitrogen and oxygen atoms in total. The van der Waals surface area contributed by atoms with Crippen LogP contribution in [0.3, 0.4) is 0 Å². The Morgan fingerprint density at radius 3 is 2.40 bits per heavy atom. The van der Waals surface area contributed by atoms with E-state index in [0.29, 0.717) is 12.0 Å². The first kappa shape index (κ1) is 17.2. The summed E-state index contributed by atoms with van der Waals surface area (Å²) in [6.07, 6.45) is 4.92. The van der Waals surface area contributed by atoms with Crippen molar-refractivity contribution in [1.29, 1.82) is 0 Å². The molecule has 114 valence electrons. The monoisotopic (exact) mass is 275 g/mol. The number of nitrogens with one attached hydrogen (secondary N) is 1. The quantitative estimate of drug-likeness (QED) is 0.639. The standard InChI is InChI=1S/C19H33N/c1-6-9-16(5)19(20-12-7-2)18-11-8-10-17(14-18)13-15(3)4/h8,10-11,14-16,19-20H,6-7,9,12-13H2,1-5H3. The minimum atomic E-state index is 0.502. The zero-order valence-electron chi connectivity index (χ0n) is 14.1. The van der Waals surface area contributed by atoms with Crippen LogP contribution in [0.25, 0.3) is 0 Å². The summed E-state index contributed by atoms with van der Waals surface area (Å²) >= 11 is 0. The van der Waals surface area contributed by atoms with E-state index in [4.69, 9.17) is 0 Å². The first-order valence-corrected chi connectivity index (χ1v) is 8.40. The third-order valence-corrected chi connectivity index (χ3v) is 3.88. The fraction of sp³-hybridized carbons (Fsp3) is 0.684. The second kappa shape index (κ2) is 9.18. The van der Waals surface area contributed by atoms with Crippen molar-refractivity contribution in [3.05, 3.63) is 35.4 Å². The molecule has 0 amide bonds. The molecule has 0 aliphatic carbocycles. The molecule has 1 heteroatoms. The van der Waals surface area contributed by atoms with Gasteiger partial charge in [-0.05, 0) is 48.8 Å². The van der Waals surface area contributed by atoms with Crippen LogP contribution >= 0.6 is 0 Å². The highest BCUT2D eigenvalue weighted by Gasteiger charge is 2.18. The molecule has 0 aliphatic heterocycles. The zero-order valence-corrected chi connectivity index (χ0v) is 14.1. The maximum absolute atomic E-state index is 3.75. The highest BCUT2D eigenvalue weighted by molar-refractivity contribution is 5.27. The summed E-state index contributed by atoms with van der Waals surface area (Å²) in [4.78, 5) is 0. The van der Waals surface area contributed by atoms with Gasteiger partial charge in [-0.1, -0.05) is 65.3 Å². The van der Waals surface area contributed by atoms with Crippen LogP contribution in [0.15, 0.2) is 24.3 Å². The average Bonchev–Trinajstić information content (AvgIpc) is 2.39. The topological polar surface area (TPSA) is 12.0 Å². The molecule has 1 rings (SSSR count). The van der Waals surface area contributed by atoms with Gasteiger partial charge in [0.1, 0.15) is 0 Å². The second-order valence-corrected chi connectivity index (χ2v) is 6.54. The van der Waals surface area contributed by atoms with Crippen molar-refractivity contribution in [2.45, 2.75) is 66.3 Å². The molecule has 0 saturated heterocycles. The largest absolute Gasteiger partial charge is 0.310 e. The zero-order chi connectivity index (χ0) is 15.0. The van der Waals surface area contributed by atoms with E-state index in [-0.39, 0.29) is 0 Å². The maximum Gasteiger partial charge on any atom is 0.0346 e. The summed E-state index contributed by atoms with van der Waals surface area (Å²) in [6, 6.07) is 9.71. The van der Waals surface area contributed by atoms with Gasteiger partial charge < -0.3 is 5.32 Å². The normalized spacial score (nSPS) is 14.5. The Hall–Kier alpha value is -0.820. The van der Waals surface area contributed by atoms with E-state index in [1.54, 1.807) is 0 Å². The van der Waals surface area contributed by atoms with Crippen molar-refractivity contribution in [1.82, 2.24) is 5.32 Å². The van der Waals surface area contributed by atoms with Gasteiger partial charge in [-0.25, -0.2) is 0 Å². The lowest BCUT2D eigenvalue weighted by molar-refractivity contribution is 0.363. The summed E-state index contributed by atoms with van der Waals surface area (Å²) in [5, 5.41) is 3.75. The summed E-state index contributed by atoms with van der Waals surface area (Å²) in [5.41, 5.74) is 2.95. The molecule has 2 atom stereocenters. The molecular weight excluding hydrogens is 242 g/mol. The van der Waals surface area contributed by atoms with Gasteiger partial charge in [0.15, 0.2) is 0 Å². The van der Waals surface area contributed by atoms with Crippen molar-refractivity contribution >= 4 is 0 Å². The Bertz CT molecular complexity index is 370. The van der Waals surface area contributed by atoms with Gasteiger partial charge in [0.25, 0.3) is 0 Å². The van der Waals surface area contributed by atoms with Crippen LogP contribution in [0, 0.1) is 11.8 Å². The van der Waals surface area contributed by atoms with Crippen molar-refractivity contribution < 1.29 is 0 Å². The predicted molar refractivity (Wildman–Crippen MR) is 90.1 cm³/mol. The Morgan fingerprint density at radius 1 is 1.05 bits per heavy atom. The van der Waals surface area contributed by atoms with Crippen LogP contribution in [0.5, 0.6) is 0 Å². The Labute approximate surface area is 126 Å². The van der Waals surface area contributed by atoms with Crippen LogP contribution < -0.4 is 5.32 Å². The average molecular weight is 275 g/mol. The summed E-state index contributed by atoms with van der Waals surface area (Å²) < 4.78 is 0.